The largest absolute Gasteiger partial charge is 0.493 e. The summed E-state index contributed by atoms with van der Waals surface area (Å²) in [6.07, 6.45) is 6.22. The third kappa shape index (κ3) is 11.4. The van der Waals surface area contributed by atoms with Crippen molar-refractivity contribution in [3.8, 4) is 22.9 Å². The Morgan fingerprint density at radius 2 is 1.27 bits per heavy atom. The van der Waals surface area contributed by atoms with E-state index in [1.54, 1.807) is 13.8 Å². The van der Waals surface area contributed by atoms with E-state index >= 15 is 0 Å². The highest BCUT2D eigenvalue weighted by Crippen LogP contribution is 2.41. The van der Waals surface area contributed by atoms with E-state index in [-0.39, 0.29) is 42.6 Å². The smallest absolute Gasteiger partial charge is 0.283 e. The molecule has 4 rings (SSSR count). The normalized spacial score (nSPS) is 13.7. The Bertz CT molecular complexity index is 2460. The fraction of sp³-hybridized carbons (Fsp3) is 0.412. The highest BCUT2D eigenvalue weighted by atomic mass is 32.2. The molecule has 4 aromatic rings. The lowest BCUT2D eigenvalue weighted by atomic mass is 10.0. The molecule has 302 valence electrons. The van der Waals surface area contributed by atoms with E-state index in [0.717, 1.165) is 38.5 Å². The lowest BCUT2D eigenvalue weighted by molar-refractivity contribution is 0.450. The molecular weight excluding hydrogens is 805 g/mol. The monoisotopic (exact) mass is 848 g/mol. The lowest BCUT2D eigenvalue weighted by Crippen LogP contribution is -2.35. The van der Waals surface area contributed by atoms with E-state index in [1.165, 1.54) is 40.7 Å². The molecule has 3 atom stereocenters. The number of hydrogen-bond donors (Lipinski definition) is 8. The zero-order chi connectivity index (χ0) is 41.2. The fourth-order valence-electron chi connectivity index (χ4n) is 5.72. The van der Waals surface area contributed by atoms with Crippen molar-refractivity contribution in [2.45, 2.75) is 96.0 Å². The number of nitrogens with zero attached hydrogens (tertiary/aromatic N) is 5. The minimum Gasteiger partial charge on any atom is -0.493 e. The van der Waals surface area contributed by atoms with Gasteiger partial charge in [-0.25, -0.2) is 17.3 Å². The molecule has 2 aromatic heterocycles. The van der Waals surface area contributed by atoms with E-state index in [4.69, 9.17) is 24.4 Å². The van der Waals surface area contributed by atoms with Crippen molar-refractivity contribution in [2.75, 3.05) is 4.31 Å². The van der Waals surface area contributed by atoms with Gasteiger partial charge in [0.05, 0.1) is 22.0 Å². The Hall–Kier alpha value is -4.74. The molecule has 0 aliphatic heterocycles. The maximum absolute atomic E-state index is 14.3. The van der Waals surface area contributed by atoms with Crippen LogP contribution in [0.15, 0.2) is 71.3 Å². The van der Waals surface area contributed by atoms with Gasteiger partial charge in [0, 0.05) is 23.2 Å². The van der Waals surface area contributed by atoms with Crippen molar-refractivity contribution < 1.29 is 27.4 Å². The molecule has 0 saturated carbocycles. The van der Waals surface area contributed by atoms with Crippen LogP contribution in [0.4, 0.5) is 28.4 Å². The summed E-state index contributed by atoms with van der Waals surface area (Å²) in [4.78, 5) is 33.9. The molecule has 0 radical (unpaired) electrons. The standard InChI is InChI=1S/C34H44N10O8S4/c1-5-7-9-11-19(3)43-56(51,52)26-18-22(40-42-28-31(47)37-34(54)38-32(28)48)14-16-24(26)23-15-13-21(39-41-27-29(45)35-33(53)36-30(27)46)17-25(23)44(55(49)50)20(4)12-10-8-6-2/h13-20,43H,5-12H2,1-4H3,(H,49,50)(H3,35,36,45,46,53)(H3,37,38,47,48,54). The molecule has 0 spiro atoms. The highest BCUT2D eigenvalue weighted by molar-refractivity contribution is 7.89. The van der Waals surface area contributed by atoms with Gasteiger partial charge in [0.15, 0.2) is 9.54 Å². The summed E-state index contributed by atoms with van der Waals surface area (Å²) in [6.45, 7) is 7.57. The van der Waals surface area contributed by atoms with Crippen molar-refractivity contribution in [2.24, 2.45) is 20.5 Å². The SMILES string of the molecule is CCCCCC(C)NS(=O)(=O)c1cc(N=Nc2c(O)[nH]c(=S)[nH]c2=O)ccc1-c1ccc(N=Nc2c(O)[nH]c(=S)[nH]c2=O)cc1N(C(C)CCCCC)S(=O)O. The molecule has 18 nitrogen and oxygen atoms in total. The number of sulfonamides is 1. The average molecular weight is 849 g/mol. The van der Waals surface area contributed by atoms with E-state index in [1.807, 2.05) is 13.8 Å². The minimum absolute atomic E-state index is 0.0107. The maximum Gasteiger partial charge on any atom is 0.283 e. The van der Waals surface area contributed by atoms with Gasteiger partial charge in [-0.1, -0.05) is 64.5 Å². The zero-order valence-electron chi connectivity index (χ0n) is 31.0. The summed E-state index contributed by atoms with van der Waals surface area (Å²) in [5.41, 5.74) is -2.09. The molecule has 2 heterocycles. The number of aromatic hydroxyl groups is 2. The molecular formula is C34H44N10O8S4. The summed E-state index contributed by atoms with van der Waals surface area (Å²) in [5, 5.41) is 36.3. The zero-order valence-corrected chi connectivity index (χ0v) is 34.3. The molecule has 0 aliphatic carbocycles. The second-order valence-electron chi connectivity index (χ2n) is 12.9. The Kier molecular flexibility index (Phi) is 15.6. The van der Waals surface area contributed by atoms with Crippen LogP contribution >= 0.6 is 24.4 Å². The Labute approximate surface area is 335 Å². The first-order valence-electron chi connectivity index (χ1n) is 17.7. The van der Waals surface area contributed by atoms with Crippen LogP contribution in [-0.2, 0) is 21.3 Å². The minimum atomic E-state index is -4.34. The number of azo groups is 2. The number of anilines is 1. The summed E-state index contributed by atoms with van der Waals surface area (Å²) in [7, 11) is -4.34. The Morgan fingerprint density at radius 3 is 1.77 bits per heavy atom. The van der Waals surface area contributed by atoms with Crippen LogP contribution in [0.1, 0.15) is 79.1 Å². The van der Waals surface area contributed by atoms with Gasteiger partial charge in [-0.05, 0) is 75.4 Å². The van der Waals surface area contributed by atoms with Crippen LogP contribution in [0.2, 0.25) is 0 Å². The van der Waals surface area contributed by atoms with Crippen LogP contribution in [0, 0.1) is 9.54 Å². The molecule has 22 heteroatoms. The van der Waals surface area contributed by atoms with Crippen LogP contribution in [0.3, 0.4) is 0 Å². The fourth-order valence-corrected chi connectivity index (χ4v) is 8.35. The first-order valence-corrected chi connectivity index (χ1v) is 21.1. The number of aromatic nitrogens is 4. The quantitative estimate of drug-likeness (QED) is 0.0194. The first kappa shape index (κ1) is 44.0. The molecule has 0 amide bonds. The van der Waals surface area contributed by atoms with Crippen molar-refractivity contribution in [1.82, 2.24) is 24.7 Å². The molecule has 0 saturated heterocycles. The van der Waals surface area contributed by atoms with E-state index < -0.39 is 67.6 Å². The second kappa shape index (κ2) is 19.9. The average Bonchev–Trinajstić information content (AvgIpc) is 3.11. The number of hydrogen-bond acceptors (Lipinski definition) is 13. The topological polar surface area (TPSA) is 274 Å². The predicted molar refractivity (Wildman–Crippen MR) is 219 cm³/mol. The van der Waals surface area contributed by atoms with Gasteiger partial charge >= 0.3 is 0 Å². The number of nitrogens with one attached hydrogen (secondary N) is 5. The van der Waals surface area contributed by atoms with Gasteiger partial charge in [-0.15, -0.1) is 10.2 Å². The highest BCUT2D eigenvalue weighted by Gasteiger charge is 2.28. The van der Waals surface area contributed by atoms with Crippen molar-refractivity contribution in [3.63, 3.8) is 0 Å². The van der Waals surface area contributed by atoms with Crippen molar-refractivity contribution in [1.29, 1.82) is 0 Å². The van der Waals surface area contributed by atoms with Crippen molar-refractivity contribution in [3.05, 3.63) is 66.6 Å². The van der Waals surface area contributed by atoms with Crippen LogP contribution in [-0.4, -0.2) is 59.4 Å². The molecule has 3 unspecified atom stereocenters. The summed E-state index contributed by atoms with van der Waals surface area (Å²) >= 11 is 7.11. The van der Waals surface area contributed by atoms with Gasteiger partial charge in [0.25, 0.3) is 22.4 Å². The summed E-state index contributed by atoms with van der Waals surface area (Å²) in [5.74, 6) is -1.27. The number of unbranched alkanes of at least 4 members (excludes halogenated alkanes) is 4. The molecule has 8 N–H and O–H groups in total. The number of rotatable bonds is 19. The van der Waals surface area contributed by atoms with E-state index in [0.29, 0.717) is 12.8 Å². The van der Waals surface area contributed by atoms with E-state index in [2.05, 4.69) is 45.1 Å². The second-order valence-corrected chi connectivity index (χ2v) is 16.3. The lowest BCUT2D eigenvalue weighted by Gasteiger charge is -2.30. The van der Waals surface area contributed by atoms with Crippen LogP contribution < -0.4 is 20.1 Å². The van der Waals surface area contributed by atoms with Crippen LogP contribution in [0.5, 0.6) is 11.8 Å². The molecule has 2 aromatic carbocycles. The number of benzene rings is 2. The first-order chi connectivity index (χ1) is 26.6. The van der Waals surface area contributed by atoms with E-state index in [9.17, 15) is 37.0 Å². The third-order valence-corrected chi connectivity index (χ3v) is 11.4. The third-order valence-electron chi connectivity index (χ3n) is 8.48. The van der Waals surface area contributed by atoms with Crippen molar-refractivity contribution >= 4 is 74.2 Å². The summed E-state index contributed by atoms with van der Waals surface area (Å²) in [6, 6.07) is 7.46. The Morgan fingerprint density at radius 1 is 0.768 bits per heavy atom. The van der Waals surface area contributed by atoms with Gasteiger partial charge in [0.1, 0.15) is 0 Å². The summed E-state index contributed by atoms with van der Waals surface area (Å²) < 4.78 is 56.1. The maximum atomic E-state index is 14.3. The van der Waals surface area contributed by atoms with Gasteiger partial charge in [-0.3, -0.25) is 28.4 Å². The Balaban J connectivity index is 1.96. The molecule has 0 bridgehead atoms. The molecule has 56 heavy (non-hydrogen) atoms. The van der Waals surface area contributed by atoms with Gasteiger partial charge in [0.2, 0.25) is 33.2 Å². The van der Waals surface area contributed by atoms with Crippen LogP contribution in [0.25, 0.3) is 11.1 Å². The van der Waals surface area contributed by atoms with Gasteiger partial charge in [-0.2, -0.15) is 10.2 Å². The number of aromatic amines is 4. The predicted octanol–water partition coefficient (Wildman–Crippen LogP) is 8.25. The van der Waals surface area contributed by atoms with Gasteiger partial charge < -0.3 is 20.2 Å². The molecule has 0 aliphatic rings. The number of H-pyrrole nitrogens is 4. The molecule has 0 fully saturated rings.